The molecular weight excluding hydrogens is 524 g/mol. The Hall–Kier alpha value is -3.92. The Morgan fingerprint density at radius 2 is 1.76 bits per heavy atom. The van der Waals surface area contributed by atoms with Gasteiger partial charge in [0.05, 0.1) is 23.8 Å². The molecule has 2 aliphatic heterocycles. The molecule has 3 amide bonds. The van der Waals surface area contributed by atoms with Crippen molar-refractivity contribution >= 4 is 35.1 Å². The summed E-state index contributed by atoms with van der Waals surface area (Å²) in [6.45, 7) is 5.10. The van der Waals surface area contributed by atoms with Crippen LogP contribution in [0.4, 0.5) is 11.4 Å². The number of aliphatic carboxylic acids is 1. The van der Waals surface area contributed by atoms with Crippen LogP contribution in [0.1, 0.15) is 66.1 Å². The van der Waals surface area contributed by atoms with Crippen LogP contribution >= 0.6 is 0 Å². The van der Waals surface area contributed by atoms with E-state index >= 15 is 0 Å². The number of carboxylic acid groups (broad SMARTS) is 1. The van der Waals surface area contributed by atoms with E-state index in [4.69, 9.17) is 4.74 Å². The average molecular weight is 563 g/mol. The molecule has 2 heterocycles. The highest BCUT2D eigenvalue weighted by Gasteiger charge is 2.34. The van der Waals surface area contributed by atoms with Crippen LogP contribution in [0.15, 0.2) is 42.5 Å². The molecule has 2 atom stereocenters. The van der Waals surface area contributed by atoms with Gasteiger partial charge in [0.1, 0.15) is 6.10 Å². The molecule has 10 heteroatoms. The average Bonchev–Trinajstić information content (AvgIpc) is 3.71. The number of hydrogen-bond donors (Lipinski definition) is 3. The predicted molar refractivity (Wildman–Crippen MR) is 154 cm³/mol. The molecule has 0 bridgehead atoms. The molecule has 3 N–H and O–H groups in total. The topological polar surface area (TPSA) is 128 Å². The summed E-state index contributed by atoms with van der Waals surface area (Å²) in [7, 11) is 0. The number of benzene rings is 2. The van der Waals surface area contributed by atoms with Gasteiger partial charge in [0.25, 0.3) is 11.8 Å². The SMILES string of the molecule is Cc1ccc(C(CC(=O)O)NC(=O)c2ccc(N3CCCN(C(=O)C4CC4)CC3)c(NC(=O)C3CCCO3)c2)cc1. The number of carbonyl (C=O) groups excluding carboxylic acids is 3. The van der Waals surface area contributed by atoms with Gasteiger partial charge in [-0.1, -0.05) is 29.8 Å². The molecule has 5 rings (SSSR count). The zero-order valence-corrected chi connectivity index (χ0v) is 23.4. The van der Waals surface area contributed by atoms with Gasteiger partial charge in [-0.15, -0.1) is 0 Å². The number of aryl methyl sites for hydroxylation is 1. The van der Waals surface area contributed by atoms with Crippen LogP contribution in [0.25, 0.3) is 0 Å². The van der Waals surface area contributed by atoms with Gasteiger partial charge in [-0.25, -0.2) is 0 Å². The van der Waals surface area contributed by atoms with Gasteiger partial charge >= 0.3 is 5.97 Å². The van der Waals surface area contributed by atoms with Crippen molar-refractivity contribution < 1.29 is 29.0 Å². The first-order valence-corrected chi connectivity index (χ1v) is 14.5. The maximum absolute atomic E-state index is 13.4. The van der Waals surface area contributed by atoms with Gasteiger partial charge in [-0.05, 0) is 62.8 Å². The van der Waals surface area contributed by atoms with Gasteiger partial charge < -0.3 is 30.3 Å². The molecule has 218 valence electrons. The van der Waals surface area contributed by atoms with Crippen LogP contribution < -0.4 is 15.5 Å². The lowest BCUT2D eigenvalue weighted by molar-refractivity contribution is -0.137. The van der Waals surface area contributed by atoms with Crippen molar-refractivity contribution in [3.8, 4) is 0 Å². The number of ether oxygens (including phenoxy) is 1. The first-order chi connectivity index (χ1) is 19.8. The third kappa shape index (κ3) is 7.24. The molecule has 0 aromatic heterocycles. The molecule has 2 saturated heterocycles. The van der Waals surface area contributed by atoms with E-state index in [9.17, 15) is 24.3 Å². The molecule has 3 aliphatic rings. The Labute approximate surface area is 240 Å². The smallest absolute Gasteiger partial charge is 0.305 e. The van der Waals surface area contributed by atoms with Crippen molar-refractivity contribution in [2.75, 3.05) is 43.0 Å². The van der Waals surface area contributed by atoms with E-state index in [2.05, 4.69) is 15.5 Å². The second kappa shape index (κ2) is 12.7. The van der Waals surface area contributed by atoms with Gasteiger partial charge in [0, 0.05) is 44.3 Å². The summed E-state index contributed by atoms with van der Waals surface area (Å²) in [6.07, 6.45) is 3.38. The minimum atomic E-state index is -1.02. The lowest BCUT2D eigenvalue weighted by atomic mass is 10.0. The fraction of sp³-hybridized carbons (Fsp3) is 0.484. The summed E-state index contributed by atoms with van der Waals surface area (Å²) in [4.78, 5) is 54.8. The van der Waals surface area contributed by atoms with Crippen molar-refractivity contribution in [2.45, 2.75) is 57.6 Å². The minimum absolute atomic E-state index is 0.172. The zero-order valence-electron chi connectivity index (χ0n) is 23.4. The fourth-order valence-electron chi connectivity index (χ4n) is 5.49. The van der Waals surface area contributed by atoms with Crippen molar-refractivity contribution in [3.05, 3.63) is 59.2 Å². The summed E-state index contributed by atoms with van der Waals surface area (Å²) in [5, 5.41) is 15.3. The van der Waals surface area contributed by atoms with Crippen molar-refractivity contribution in [3.63, 3.8) is 0 Å². The standard InChI is InChI=1S/C31H38N4O6/c1-20-5-7-21(8-6-20)24(19-28(36)37)32-29(38)23-11-12-26(25(18-23)33-30(39)27-4-2-17-41-27)34-13-3-14-35(16-15-34)31(40)22-9-10-22/h5-8,11-12,18,22,24,27H,2-4,9-10,13-17,19H2,1H3,(H,32,38)(H,33,39)(H,36,37). The molecule has 0 radical (unpaired) electrons. The second-order valence-corrected chi connectivity index (χ2v) is 11.2. The lowest BCUT2D eigenvalue weighted by Crippen LogP contribution is -2.36. The summed E-state index contributed by atoms with van der Waals surface area (Å²) in [6, 6.07) is 11.8. The Morgan fingerprint density at radius 3 is 2.44 bits per heavy atom. The molecule has 41 heavy (non-hydrogen) atoms. The monoisotopic (exact) mass is 562 g/mol. The first kappa shape index (κ1) is 28.6. The van der Waals surface area contributed by atoms with E-state index in [-0.39, 0.29) is 24.2 Å². The summed E-state index contributed by atoms with van der Waals surface area (Å²) < 4.78 is 5.58. The highest BCUT2D eigenvalue weighted by Crippen LogP contribution is 2.33. The molecule has 0 spiro atoms. The largest absolute Gasteiger partial charge is 0.481 e. The maximum atomic E-state index is 13.4. The highest BCUT2D eigenvalue weighted by atomic mass is 16.5. The first-order valence-electron chi connectivity index (χ1n) is 14.5. The Morgan fingerprint density at radius 1 is 0.976 bits per heavy atom. The van der Waals surface area contributed by atoms with Gasteiger partial charge in [0.2, 0.25) is 5.91 Å². The van der Waals surface area contributed by atoms with Crippen molar-refractivity contribution in [1.29, 1.82) is 0 Å². The molecule has 10 nitrogen and oxygen atoms in total. The Kier molecular flexibility index (Phi) is 8.87. The maximum Gasteiger partial charge on any atom is 0.305 e. The number of amides is 3. The molecule has 2 aromatic rings. The van der Waals surface area contributed by atoms with Crippen LogP contribution in [0.3, 0.4) is 0 Å². The number of hydrogen-bond acceptors (Lipinski definition) is 6. The number of carboxylic acids is 1. The van der Waals surface area contributed by atoms with E-state index in [1.54, 1.807) is 12.1 Å². The van der Waals surface area contributed by atoms with E-state index in [1.165, 1.54) is 0 Å². The van der Waals surface area contributed by atoms with Gasteiger partial charge in [-0.2, -0.15) is 0 Å². The van der Waals surface area contributed by atoms with Crippen molar-refractivity contribution in [2.24, 2.45) is 5.92 Å². The molecule has 1 saturated carbocycles. The number of nitrogens with one attached hydrogen (secondary N) is 2. The molecule has 3 fully saturated rings. The normalized spacial score (nSPS) is 19.8. The van der Waals surface area contributed by atoms with E-state index < -0.39 is 24.0 Å². The van der Waals surface area contributed by atoms with Crippen LogP contribution in [0.5, 0.6) is 0 Å². The Balaban J connectivity index is 1.37. The number of carbonyl (C=O) groups is 4. The third-order valence-corrected chi connectivity index (χ3v) is 7.98. The minimum Gasteiger partial charge on any atom is -0.481 e. The number of anilines is 2. The van der Waals surface area contributed by atoms with Gasteiger partial charge in [0.15, 0.2) is 0 Å². The zero-order chi connectivity index (χ0) is 28.9. The molecule has 2 unspecified atom stereocenters. The van der Waals surface area contributed by atoms with Crippen molar-refractivity contribution in [1.82, 2.24) is 10.2 Å². The second-order valence-electron chi connectivity index (χ2n) is 11.2. The van der Waals surface area contributed by atoms with Crippen LogP contribution in [0.2, 0.25) is 0 Å². The summed E-state index contributed by atoms with van der Waals surface area (Å²) in [5.41, 5.74) is 3.30. The fourth-order valence-corrected chi connectivity index (χ4v) is 5.49. The van der Waals surface area contributed by atoms with Gasteiger partial charge in [-0.3, -0.25) is 19.2 Å². The highest BCUT2D eigenvalue weighted by molar-refractivity contribution is 6.01. The number of rotatable bonds is 9. The number of nitrogens with zero attached hydrogens (tertiary/aromatic N) is 2. The predicted octanol–water partition coefficient (Wildman–Crippen LogP) is 3.51. The van der Waals surface area contributed by atoms with E-state index in [1.807, 2.05) is 42.2 Å². The summed E-state index contributed by atoms with van der Waals surface area (Å²) in [5.74, 6) is -1.31. The third-order valence-electron chi connectivity index (χ3n) is 7.98. The lowest BCUT2D eigenvalue weighted by Gasteiger charge is -2.27. The Bertz CT molecular complexity index is 1290. The van der Waals surface area contributed by atoms with Crippen LogP contribution in [-0.2, 0) is 19.1 Å². The summed E-state index contributed by atoms with van der Waals surface area (Å²) >= 11 is 0. The quantitative estimate of drug-likeness (QED) is 0.427. The van der Waals surface area contributed by atoms with Crippen LogP contribution in [-0.4, -0.2) is 72.6 Å². The molecular formula is C31H38N4O6. The molecule has 1 aliphatic carbocycles. The van der Waals surface area contributed by atoms with E-state index in [0.717, 1.165) is 36.9 Å². The van der Waals surface area contributed by atoms with Crippen LogP contribution in [0, 0.1) is 12.8 Å². The molecule has 2 aromatic carbocycles. The van der Waals surface area contributed by atoms with E-state index in [0.29, 0.717) is 56.0 Å².